The van der Waals surface area contributed by atoms with Crippen LogP contribution in [0.5, 0.6) is 11.5 Å². The van der Waals surface area contributed by atoms with Crippen LogP contribution < -0.4 is 14.8 Å². The molecule has 0 aliphatic carbocycles. The number of benzene rings is 2. The van der Waals surface area contributed by atoms with Crippen LogP contribution in [0.15, 0.2) is 48.7 Å². The Morgan fingerprint density at radius 3 is 2.60 bits per heavy atom. The Hall–Kier alpha value is -3.28. The molecule has 6 nitrogen and oxygen atoms in total. The molecule has 1 N–H and O–H groups in total. The fourth-order valence-corrected chi connectivity index (χ4v) is 3.13. The van der Waals surface area contributed by atoms with Crippen LogP contribution in [0.4, 0.5) is 5.82 Å². The highest BCUT2D eigenvalue weighted by Gasteiger charge is 2.18. The number of nitrogens with zero attached hydrogens (tertiary/aromatic N) is 3. The molecule has 126 valence electrons. The predicted molar refractivity (Wildman–Crippen MR) is 98.6 cm³/mol. The van der Waals surface area contributed by atoms with Gasteiger partial charge in [-0.3, -0.25) is 4.40 Å². The zero-order valence-corrected chi connectivity index (χ0v) is 14.3. The number of hydrogen-bond acceptors (Lipinski definition) is 5. The maximum Gasteiger partial charge on any atom is 0.181 e. The molecular formula is C19H18N4O2. The lowest BCUT2D eigenvalue weighted by Gasteiger charge is -2.14. The van der Waals surface area contributed by atoms with E-state index in [1.165, 1.54) is 0 Å². The van der Waals surface area contributed by atoms with Crippen LogP contribution in [0.25, 0.3) is 27.9 Å². The van der Waals surface area contributed by atoms with Gasteiger partial charge >= 0.3 is 0 Å². The van der Waals surface area contributed by atoms with E-state index in [4.69, 9.17) is 9.47 Å². The maximum atomic E-state index is 5.61. The van der Waals surface area contributed by atoms with Gasteiger partial charge < -0.3 is 14.8 Å². The van der Waals surface area contributed by atoms with E-state index in [9.17, 15) is 0 Å². The van der Waals surface area contributed by atoms with Crippen LogP contribution in [-0.2, 0) is 0 Å². The van der Waals surface area contributed by atoms with E-state index in [2.05, 4.69) is 19.7 Å². The van der Waals surface area contributed by atoms with E-state index in [0.29, 0.717) is 11.5 Å². The Balaban J connectivity index is 2.13. The van der Waals surface area contributed by atoms with E-state index in [-0.39, 0.29) is 0 Å². The molecule has 0 unspecified atom stereocenters. The van der Waals surface area contributed by atoms with Crippen molar-refractivity contribution in [3.63, 3.8) is 0 Å². The van der Waals surface area contributed by atoms with E-state index in [1.807, 2.05) is 55.7 Å². The summed E-state index contributed by atoms with van der Waals surface area (Å²) in [7, 11) is 5.12. The second-order valence-corrected chi connectivity index (χ2v) is 5.54. The third-order valence-electron chi connectivity index (χ3n) is 4.24. The van der Waals surface area contributed by atoms with Gasteiger partial charge in [0.05, 0.1) is 37.1 Å². The molecule has 4 aromatic rings. The molecule has 0 atom stereocenters. The maximum absolute atomic E-state index is 5.61. The Morgan fingerprint density at radius 1 is 1.00 bits per heavy atom. The Labute approximate surface area is 145 Å². The van der Waals surface area contributed by atoms with E-state index in [0.717, 1.165) is 33.8 Å². The van der Waals surface area contributed by atoms with Crippen molar-refractivity contribution in [3.8, 4) is 22.8 Å². The Kier molecular flexibility index (Phi) is 3.65. The summed E-state index contributed by atoms with van der Waals surface area (Å²) in [6, 6.07) is 13.8. The molecule has 0 spiro atoms. The summed E-state index contributed by atoms with van der Waals surface area (Å²) in [6.45, 7) is 0. The van der Waals surface area contributed by atoms with Gasteiger partial charge in [0.2, 0.25) is 0 Å². The molecule has 2 heterocycles. The molecule has 0 aliphatic heterocycles. The van der Waals surface area contributed by atoms with Crippen molar-refractivity contribution < 1.29 is 9.47 Å². The van der Waals surface area contributed by atoms with E-state index in [1.54, 1.807) is 14.2 Å². The second kappa shape index (κ2) is 5.98. The third kappa shape index (κ3) is 2.26. The second-order valence-electron chi connectivity index (χ2n) is 5.54. The quantitative estimate of drug-likeness (QED) is 0.618. The fourth-order valence-electron chi connectivity index (χ4n) is 3.13. The first kappa shape index (κ1) is 15.3. The van der Waals surface area contributed by atoms with Gasteiger partial charge in [-0.2, -0.15) is 0 Å². The fraction of sp³-hybridized carbons (Fsp3) is 0.158. The van der Waals surface area contributed by atoms with E-state index >= 15 is 0 Å². The topological polar surface area (TPSA) is 60.7 Å². The lowest BCUT2D eigenvalue weighted by molar-refractivity contribution is 0.356. The highest BCUT2D eigenvalue weighted by atomic mass is 16.5. The largest absolute Gasteiger partial charge is 0.493 e. The van der Waals surface area contributed by atoms with Crippen molar-refractivity contribution in [1.29, 1.82) is 0 Å². The summed E-state index contributed by atoms with van der Waals surface area (Å²) in [5.41, 5.74) is 4.46. The average molecular weight is 334 g/mol. The molecule has 25 heavy (non-hydrogen) atoms. The van der Waals surface area contributed by atoms with Crippen LogP contribution in [0.2, 0.25) is 0 Å². The lowest BCUT2D eigenvalue weighted by Crippen LogP contribution is -2.01. The van der Waals surface area contributed by atoms with Crippen molar-refractivity contribution in [2.45, 2.75) is 0 Å². The van der Waals surface area contributed by atoms with Crippen molar-refractivity contribution in [1.82, 2.24) is 14.4 Å². The normalized spacial score (nSPS) is 11.0. The molecule has 2 aromatic carbocycles. The average Bonchev–Trinajstić information content (AvgIpc) is 3.11. The molecule has 0 radical (unpaired) electrons. The Morgan fingerprint density at radius 2 is 1.84 bits per heavy atom. The minimum absolute atomic E-state index is 0.679. The van der Waals surface area contributed by atoms with Crippen molar-refractivity contribution in [3.05, 3.63) is 48.7 Å². The summed E-state index contributed by atoms with van der Waals surface area (Å²) in [6.07, 6.45) is 1.83. The number of imidazole rings is 1. The third-order valence-corrected chi connectivity index (χ3v) is 4.24. The van der Waals surface area contributed by atoms with Gasteiger partial charge in [-0.05, 0) is 24.3 Å². The highest BCUT2D eigenvalue weighted by Crippen LogP contribution is 2.39. The van der Waals surface area contributed by atoms with Crippen molar-refractivity contribution >= 4 is 22.5 Å². The SMILES string of the molecule is CNc1nc2ccccc2n2c(-c3cccc(OC)c3OC)cnc12. The summed E-state index contributed by atoms with van der Waals surface area (Å²) >= 11 is 0. The van der Waals surface area contributed by atoms with Gasteiger partial charge in [-0.15, -0.1) is 0 Å². The number of methoxy groups -OCH3 is 2. The predicted octanol–water partition coefficient (Wildman–Crippen LogP) is 3.61. The van der Waals surface area contributed by atoms with E-state index < -0.39 is 0 Å². The standard InChI is InChI=1S/C19H18N4O2/c1-20-18-19-21-11-15(12-7-6-10-16(24-2)17(12)25-3)23(19)14-9-5-4-8-13(14)22-18/h4-11H,1-3H3,(H,20,22). The minimum atomic E-state index is 0.679. The summed E-state index contributed by atoms with van der Waals surface area (Å²) in [5.74, 6) is 2.09. The van der Waals surface area contributed by atoms with Crippen LogP contribution in [0.3, 0.4) is 0 Å². The summed E-state index contributed by atoms with van der Waals surface area (Å²) in [4.78, 5) is 9.24. The first-order valence-electron chi connectivity index (χ1n) is 7.93. The number of nitrogens with one attached hydrogen (secondary N) is 1. The smallest absolute Gasteiger partial charge is 0.181 e. The number of fused-ring (bicyclic) bond motifs is 3. The number of para-hydroxylation sites is 3. The van der Waals surface area contributed by atoms with Crippen LogP contribution in [0, 0.1) is 0 Å². The number of ether oxygens (including phenoxy) is 2. The molecule has 2 aromatic heterocycles. The minimum Gasteiger partial charge on any atom is -0.493 e. The van der Waals surface area contributed by atoms with Crippen LogP contribution in [0.1, 0.15) is 0 Å². The molecule has 0 amide bonds. The van der Waals surface area contributed by atoms with Crippen molar-refractivity contribution in [2.75, 3.05) is 26.6 Å². The molecular weight excluding hydrogens is 316 g/mol. The highest BCUT2D eigenvalue weighted by molar-refractivity contribution is 5.87. The molecule has 0 saturated carbocycles. The first-order chi connectivity index (χ1) is 12.3. The molecule has 4 rings (SSSR count). The first-order valence-corrected chi connectivity index (χ1v) is 7.93. The van der Waals surface area contributed by atoms with Gasteiger partial charge in [0.25, 0.3) is 0 Å². The van der Waals surface area contributed by atoms with Crippen LogP contribution in [-0.4, -0.2) is 35.6 Å². The Bertz CT molecular complexity index is 1070. The molecule has 0 saturated heterocycles. The molecule has 0 bridgehead atoms. The number of rotatable bonds is 4. The number of aromatic nitrogens is 3. The summed E-state index contributed by atoms with van der Waals surface area (Å²) in [5, 5.41) is 3.13. The lowest BCUT2D eigenvalue weighted by atomic mass is 10.1. The van der Waals surface area contributed by atoms with Gasteiger partial charge in [0.15, 0.2) is 23.0 Å². The molecule has 6 heteroatoms. The molecule has 0 fully saturated rings. The number of hydrogen-bond donors (Lipinski definition) is 1. The summed E-state index contributed by atoms with van der Waals surface area (Å²) < 4.78 is 13.1. The van der Waals surface area contributed by atoms with Gasteiger partial charge in [0.1, 0.15) is 0 Å². The van der Waals surface area contributed by atoms with Gasteiger partial charge in [-0.1, -0.05) is 18.2 Å². The monoisotopic (exact) mass is 334 g/mol. The van der Waals surface area contributed by atoms with Crippen molar-refractivity contribution in [2.24, 2.45) is 0 Å². The zero-order valence-electron chi connectivity index (χ0n) is 14.3. The van der Waals surface area contributed by atoms with Gasteiger partial charge in [-0.25, -0.2) is 9.97 Å². The molecule has 0 aliphatic rings. The zero-order chi connectivity index (χ0) is 17.4. The van der Waals surface area contributed by atoms with Gasteiger partial charge in [0, 0.05) is 12.6 Å². The van der Waals surface area contributed by atoms with Crippen LogP contribution >= 0.6 is 0 Å². The number of anilines is 1.